The van der Waals surface area contributed by atoms with E-state index in [0.717, 1.165) is 36.5 Å². The van der Waals surface area contributed by atoms with Gasteiger partial charge in [-0.2, -0.15) is 5.10 Å². The minimum absolute atomic E-state index is 0.0169. The van der Waals surface area contributed by atoms with Gasteiger partial charge in [-0.05, 0) is 50.9 Å². The van der Waals surface area contributed by atoms with E-state index in [0.29, 0.717) is 12.6 Å². The molecule has 1 unspecified atom stereocenters. The van der Waals surface area contributed by atoms with Crippen LogP contribution in [0.1, 0.15) is 35.8 Å². The molecular formula is C19H27N5O. The number of aryl methyl sites for hydroxylation is 2. The maximum absolute atomic E-state index is 12.5. The number of nitrogens with zero attached hydrogens (tertiary/aromatic N) is 3. The maximum atomic E-state index is 12.5. The number of aromatic nitrogens is 2. The van der Waals surface area contributed by atoms with Crippen LogP contribution in [0, 0.1) is 13.8 Å². The lowest BCUT2D eigenvalue weighted by Crippen LogP contribution is -2.33. The van der Waals surface area contributed by atoms with Gasteiger partial charge in [0.15, 0.2) is 0 Å². The molecule has 6 nitrogen and oxygen atoms in total. The van der Waals surface area contributed by atoms with Crippen LogP contribution in [0.2, 0.25) is 0 Å². The van der Waals surface area contributed by atoms with Crippen molar-refractivity contribution in [2.75, 3.05) is 37.4 Å². The number of rotatable bonds is 5. The zero-order chi connectivity index (χ0) is 18.0. The van der Waals surface area contributed by atoms with E-state index in [1.165, 1.54) is 11.3 Å². The van der Waals surface area contributed by atoms with Gasteiger partial charge in [0, 0.05) is 25.8 Å². The molecule has 3 rings (SSSR count). The summed E-state index contributed by atoms with van der Waals surface area (Å²) >= 11 is 0. The molecule has 1 amide bonds. The number of hydrogen-bond acceptors (Lipinski definition) is 4. The molecule has 2 N–H and O–H groups in total. The van der Waals surface area contributed by atoms with E-state index in [9.17, 15) is 4.79 Å². The molecule has 1 atom stereocenters. The van der Waals surface area contributed by atoms with Crippen LogP contribution in [-0.4, -0.2) is 48.2 Å². The van der Waals surface area contributed by atoms with Gasteiger partial charge < -0.3 is 10.2 Å². The van der Waals surface area contributed by atoms with Crippen LogP contribution in [0.25, 0.3) is 0 Å². The highest BCUT2D eigenvalue weighted by Gasteiger charge is 2.28. The van der Waals surface area contributed by atoms with Gasteiger partial charge in [-0.1, -0.05) is 12.1 Å². The smallest absolute Gasteiger partial charge is 0.238 e. The number of carbonyl (C=O) groups is 1. The Hall–Kier alpha value is -2.34. The molecular weight excluding hydrogens is 314 g/mol. The minimum Gasteiger partial charge on any atom is -0.378 e. The Morgan fingerprint density at radius 1 is 1.40 bits per heavy atom. The van der Waals surface area contributed by atoms with Crippen molar-refractivity contribution in [3.8, 4) is 0 Å². The first kappa shape index (κ1) is 17.5. The summed E-state index contributed by atoms with van der Waals surface area (Å²) in [6, 6.07) is 8.90. The molecule has 2 aromatic rings. The van der Waals surface area contributed by atoms with Crippen molar-refractivity contribution in [3.05, 3.63) is 41.2 Å². The normalized spacial score (nSPS) is 17.7. The SMILES string of the molecule is Cc1n[nH]c(C)c1NC(=O)CN1CCCC1c1cccc(N(C)C)c1. The molecule has 1 aliphatic rings. The number of likely N-dealkylation sites (tertiary alicyclic amines) is 1. The highest BCUT2D eigenvalue weighted by Crippen LogP contribution is 2.33. The van der Waals surface area contributed by atoms with E-state index in [1.807, 2.05) is 13.8 Å². The number of anilines is 2. The van der Waals surface area contributed by atoms with E-state index in [-0.39, 0.29) is 5.91 Å². The topological polar surface area (TPSA) is 64.3 Å². The third-order valence-corrected chi connectivity index (χ3v) is 4.87. The summed E-state index contributed by atoms with van der Waals surface area (Å²) in [5, 5.41) is 10.0. The van der Waals surface area contributed by atoms with E-state index in [1.54, 1.807) is 0 Å². The standard InChI is InChI=1S/C19H27N5O/c1-13-19(14(2)22-21-13)20-18(25)12-24-10-6-9-17(24)15-7-5-8-16(11-15)23(3)4/h5,7-8,11,17H,6,9-10,12H2,1-4H3,(H,20,25)(H,21,22). The third kappa shape index (κ3) is 3.85. The molecule has 0 spiro atoms. The Balaban J connectivity index is 1.69. The third-order valence-electron chi connectivity index (χ3n) is 4.87. The summed E-state index contributed by atoms with van der Waals surface area (Å²) in [5.74, 6) is 0.0169. The number of carbonyl (C=O) groups excluding carboxylic acids is 1. The summed E-state index contributed by atoms with van der Waals surface area (Å²) in [6.07, 6.45) is 2.21. The monoisotopic (exact) mass is 341 g/mol. The molecule has 6 heteroatoms. The van der Waals surface area contributed by atoms with Crippen molar-refractivity contribution in [1.29, 1.82) is 0 Å². The number of H-pyrrole nitrogens is 1. The Morgan fingerprint density at radius 3 is 2.88 bits per heavy atom. The lowest BCUT2D eigenvalue weighted by atomic mass is 10.0. The molecule has 0 bridgehead atoms. The van der Waals surface area contributed by atoms with Crippen LogP contribution in [0.15, 0.2) is 24.3 Å². The van der Waals surface area contributed by atoms with Gasteiger partial charge in [0.1, 0.15) is 0 Å². The largest absolute Gasteiger partial charge is 0.378 e. The van der Waals surface area contributed by atoms with Crippen LogP contribution in [-0.2, 0) is 4.79 Å². The first-order valence-electron chi connectivity index (χ1n) is 8.78. The van der Waals surface area contributed by atoms with Gasteiger partial charge in [0.2, 0.25) is 5.91 Å². The van der Waals surface area contributed by atoms with Crippen molar-refractivity contribution in [2.24, 2.45) is 0 Å². The Morgan fingerprint density at radius 2 is 2.20 bits per heavy atom. The van der Waals surface area contributed by atoms with Crippen molar-refractivity contribution >= 4 is 17.3 Å². The molecule has 0 radical (unpaired) electrons. The number of amides is 1. The first-order valence-corrected chi connectivity index (χ1v) is 8.78. The number of aromatic amines is 1. The first-order chi connectivity index (χ1) is 12.0. The van der Waals surface area contributed by atoms with Gasteiger partial charge in [0.25, 0.3) is 0 Å². The number of benzene rings is 1. The van der Waals surface area contributed by atoms with Crippen LogP contribution in [0.3, 0.4) is 0 Å². The molecule has 1 fully saturated rings. The van der Waals surface area contributed by atoms with Gasteiger partial charge in [-0.25, -0.2) is 0 Å². The van der Waals surface area contributed by atoms with E-state index < -0.39 is 0 Å². The molecule has 1 aromatic heterocycles. The number of nitrogens with one attached hydrogen (secondary N) is 2. The van der Waals surface area contributed by atoms with Crippen molar-refractivity contribution in [1.82, 2.24) is 15.1 Å². The molecule has 0 saturated carbocycles. The van der Waals surface area contributed by atoms with E-state index in [4.69, 9.17) is 0 Å². The van der Waals surface area contributed by atoms with Crippen LogP contribution in [0.5, 0.6) is 0 Å². The fraction of sp³-hybridized carbons (Fsp3) is 0.474. The summed E-state index contributed by atoms with van der Waals surface area (Å²) in [5.41, 5.74) is 4.99. The summed E-state index contributed by atoms with van der Waals surface area (Å²) in [4.78, 5) is 16.9. The lowest BCUT2D eigenvalue weighted by Gasteiger charge is -2.25. The lowest BCUT2D eigenvalue weighted by molar-refractivity contribution is -0.117. The summed E-state index contributed by atoms with van der Waals surface area (Å²) in [7, 11) is 4.10. The maximum Gasteiger partial charge on any atom is 0.238 e. The fourth-order valence-corrected chi connectivity index (χ4v) is 3.50. The average molecular weight is 341 g/mol. The highest BCUT2D eigenvalue weighted by atomic mass is 16.2. The zero-order valence-electron chi connectivity index (χ0n) is 15.5. The molecule has 25 heavy (non-hydrogen) atoms. The Labute approximate surface area is 149 Å². The van der Waals surface area contributed by atoms with Crippen molar-refractivity contribution < 1.29 is 4.79 Å². The minimum atomic E-state index is 0.0169. The van der Waals surface area contributed by atoms with Crippen LogP contribution >= 0.6 is 0 Å². The summed E-state index contributed by atoms with van der Waals surface area (Å²) in [6.45, 7) is 5.17. The molecule has 1 aliphatic heterocycles. The van der Waals surface area contributed by atoms with E-state index in [2.05, 4.69) is 63.7 Å². The Bertz CT molecular complexity index is 733. The second-order valence-electron chi connectivity index (χ2n) is 6.98. The molecule has 1 saturated heterocycles. The van der Waals surface area contributed by atoms with E-state index >= 15 is 0 Å². The molecule has 134 valence electrons. The molecule has 1 aromatic carbocycles. The van der Waals surface area contributed by atoms with Crippen LogP contribution < -0.4 is 10.2 Å². The van der Waals surface area contributed by atoms with Gasteiger partial charge in [-0.3, -0.25) is 14.8 Å². The molecule has 2 heterocycles. The van der Waals surface area contributed by atoms with Crippen molar-refractivity contribution in [2.45, 2.75) is 32.7 Å². The van der Waals surface area contributed by atoms with Gasteiger partial charge in [0.05, 0.1) is 23.6 Å². The van der Waals surface area contributed by atoms with Gasteiger partial charge in [-0.15, -0.1) is 0 Å². The highest BCUT2D eigenvalue weighted by molar-refractivity contribution is 5.93. The van der Waals surface area contributed by atoms with Crippen molar-refractivity contribution in [3.63, 3.8) is 0 Å². The predicted molar refractivity (Wildman–Crippen MR) is 101 cm³/mol. The average Bonchev–Trinajstić information content (AvgIpc) is 3.16. The number of hydrogen-bond donors (Lipinski definition) is 2. The van der Waals surface area contributed by atoms with Crippen LogP contribution in [0.4, 0.5) is 11.4 Å². The molecule has 0 aliphatic carbocycles. The zero-order valence-corrected chi connectivity index (χ0v) is 15.5. The second-order valence-corrected chi connectivity index (χ2v) is 6.98. The quantitative estimate of drug-likeness (QED) is 0.878. The second kappa shape index (κ2) is 7.27. The summed E-state index contributed by atoms with van der Waals surface area (Å²) < 4.78 is 0. The fourth-order valence-electron chi connectivity index (χ4n) is 3.50. The van der Waals surface area contributed by atoms with Gasteiger partial charge >= 0.3 is 0 Å². The predicted octanol–water partition coefficient (Wildman–Crippen LogP) is 2.87. The Kier molecular flexibility index (Phi) is 5.08.